The summed E-state index contributed by atoms with van der Waals surface area (Å²) in [5.74, 6) is -0.324. The molecule has 0 saturated heterocycles. The van der Waals surface area contributed by atoms with E-state index >= 15 is 0 Å². The van der Waals surface area contributed by atoms with Gasteiger partial charge in [-0.25, -0.2) is 4.79 Å². The lowest BCUT2D eigenvalue weighted by Gasteiger charge is -2.27. The molecule has 120 valence electrons. The molecule has 1 fully saturated rings. The molecule has 3 N–H and O–H groups in total. The van der Waals surface area contributed by atoms with Gasteiger partial charge in [0.2, 0.25) is 0 Å². The lowest BCUT2D eigenvalue weighted by atomic mass is 9.93. The van der Waals surface area contributed by atoms with Gasteiger partial charge in [0.15, 0.2) is 5.11 Å². The molecule has 0 amide bonds. The van der Waals surface area contributed by atoms with Gasteiger partial charge in [-0.3, -0.25) is 0 Å². The van der Waals surface area contributed by atoms with E-state index in [9.17, 15) is 9.90 Å². The fourth-order valence-electron chi connectivity index (χ4n) is 2.48. The van der Waals surface area contributed by atoms with E-state index in [2.05, 4.69) is 10.6 Å². The number of hydrogen-bond donors (Lipinski definition) is 3. The molecule has 0 heterocycles. The predicted octanol–water partition coefficient (Wildman–Crippen LogP) is 2.45. The van der Waals surface area contributed by atoms with Crippen LogP contribution < -0.4 is 10.6 Å². The number of thiocarbonyl (C=S) groups is 1. The molecule has 0 unspecified atom stereocenters. The molecule has 1 aromatic carbocycles. The molecular weight excluding hydrogens is 300 g/mol. The van der Waals surface area contributed by atoms with E-state index in [1.54, 1.807) is 31.2 Å². The first-order valence-corrected chi connectivity index (χ1v) is 8.02. The van der Waals surface area contributed by atoms with Gasteiger partial charge in [0.05, 0.1) is 18.3 Å². The Hall–Kier alpha value is -1.66. The van der Waals surface area contributed by atoms with E-state index in [0.29, 0.717) is 23.3 Å². The number of nitrogens with one attached hydrogen (secondary N) is 2. The average molecular weight is 322 g/mol. The molecule has 2 rings (SSSR count). The van der Waals surface area contributed by atoms with Crippen molar-refractivity contribution in [3.63, 3.8) is 0 Å². The van der Waals surface area contributed by atoms with E-state index in [1.807, 2.05) is 0 Å². The van der Waals surface area contributed by atoms with E-state index in [4.69, 9.17) is 17.0 Å². The second-order valence-corrected chi connectivity index (χ2v) is 5.81. The first-order chi connectivity index (χ1) is 10.6. The first kappa shape index (κ1) is 16.7. The highest BCUT2D eigenvalue weighted by molar-refractivity contribution is 7.80. The summed E-state index contributed by atoms with van der Waals surface area (Å²) in [7, 11) is 0. The third-order valence-corrected chi connectivity index (χ3v) is 3.91. The van der Waals surface area contributed by atoms with E-state index in [0.717, 1.165) is 31.4 Å². The van der Waals surface area contributed by atoms with Crippen molar-refractivity contribution in [2.45, 2.75) is 44.8 Å². The maximum atomic E-state index is 11.6. The number of aliphatic hydroxyl groups excluding tert-OH is 1. The summed E-state index contributed by atoms with van der Waals surface area (Å²) in [5.41, 5.74) is 1.34. The van der Waals surface area contributed by atoms with Crippen molar-refractivity contribution in [3.05, 3.63) is 29.8 Å². The number of rotatable bonds is 4. The zero-order valence-electron chi connectivity index (χ0n) is 12.7. The molecule has 0 atom stereocenters. The first-order valence-electron chi connectivity index (χ1n) is 7.61. The van der Waals surface area contributed by atoms with Crippen LogP contribution in [0.3, 0.4) is 0 Å². The molecule has 0 radical (unpaired) electrons. The Labute approximate surface area is 136 Å². The summed E-state index contributed by atoms with van der Waals surface area (Å²) in [6.07, 6.45) is 3.30. The Balaban J connectivity index is 1.82. The number of carbonyl (C=O) groups excluding carboxylic acids is 1. The minimum absolute atomic E-state index is 0.171. The highest BCUT2D eigenvalue weighted by atomic mass is 32.1. The second-order valence-electron chi connectivity index (χ2n) is 5.40. The molecule has 0 aromatic heterocycles. The zero-order valence-corrected chi connectivity index (χ0v) is 13.5. The summed E-state index contributed by atoms with van der Waals surface area (Å²) in [6, 6.07) is 7.32. The molecule has 0 aliphatic heterocycles. The topological polar surface area (TPSA) is 70.6 Å². The fourth-order valence-corrected chi connectivity index (χ4v) is 2.76. The third kappa shape index (κ3) is 4.96. The van der Waals surface area contributed by atoms with Crippen LogP contribution >= 0.6 is 12.2 Å². The van der Waals surface area contributed by atoms with Crippen LogP contribution in [0.4, 0.5) is 5.69 Å². The Bertz CT molecular complexity index is 511. The smallest absolute Gasteiger partial charge is 0.338 e. The van der Waals surface area contributed by atoms with E-state index in [-0.39, 0.29) is 12.1 Å². The van der Waals surface area contributed by atoms with Crippen LogP contribution in [-0.4, -0.2) is 34.9 Å². The zero-order chi connectivity index (χ0) is 15.9. The van der Waals surface area contributed by atoms with E-state index in [1.165, 1.54) is 0 Å². The van der Waals surface area contributed by atoms with Crippen LogP contribution in [0.5, 0.6) is 0 Å². The van der Waals surface area contributed by atoms with Crippen LogP contribution in [0.1, 0.15) is 43.0 Å². The summed E-state index contributed by atoms with van der Waals surface area (Å²) < 4.78 is 4.94. The normalized spacial score (nSPS) is 21.0. The summed E-state index contributed by atoms with van der Waals surface area (Å²) >= 11 is 5.30. The molecule has 6 heteroatoms. The fraction of sp³-hybridized carbons (Fsp3) is 0.500. The molecule has 5 nitrogen and oxygen atoms in total. The van der Waals surface area contributed by atoms with Crippen molar-refractivity contribution in [1.82, 2.24) is 5.32 Å². The third-order valence-electron chi connectivity index (χ3n) is 3.69. The predicted molar refractivity (Wildman–Crippen MR) is 90.0 cm³/mol. The highest BCUT2D eigenvalue weighted by Gasteiger charge is 2.19. The molecule has 1 aliphatic carbocycles. The van der Waals surface area contributed by atoms with Gasteiger partial charge in [-0.05, 0) is 69.1 Å². The van der Waals surface area contributed by atoms with Crippen LogP contribution in [0.15, 0.2) is 24.3 Å². The molecular formula is C16H22N2O3S. The van der Waals surface area contributed by atoms with Crippen molar-refractivity contribution >= 4 is 29.0 Å². The van der Waals surface area contributed by atoms with E-state index < -0.39 is 0 Å². The standard InChI is InChI=1S/C16H22N2O3S/c1-2-21-15(20)11-3-5-12(6-4-11)17-16(22)18-13-7-9-14(19)10-8-13/h3-6,13-14,19H,2,7-10H2,1H3,(H2,17,18,22). The van der Waals surface area contributed by atoms with Crippen LogP contribution in [-0.2, 0) is 4.74 Å². The molecule has 0 spiro atoms. The molecule has 1 saturated carbocycles. The maximum Gasteiger partial charge on any atom is 0.338 e. The van der Waals surface area contributed by atoms with Crippen molar-refractivity contribution in [2.75, 3.05) is 11.9 Å². The minimum Gasteiger partial charge on any atom is -0.462 e. The minimum atomic E-state index is -0.324. The summed E-state index contributed by atoms with van der Waals surface area (Å²) in [4.78, 5) is 11.6. The Morgan fingerprint density at radius 2 is 1.91 bits per heavy atom. The van der Waals surface area contributed by atoms with Crippen LogP contribution in [0.25, 0.3) is 0 Å². The number of anilines is 1. The number of esters is 1. The van der Waals surface area contributed by atoms with Crippen molar-refractivity contribution in [1.29, 1.82) is 0 Å². The van der Waals surface area contributed by atoms with Crippen LogP contribution in [0.2, 0.25) is 0 Å². The monoisotopic (exact) mass is 322 g/mol. The lowest BCUT2D eigenvalue weighted by molar-refractivity contribution is 0.0526. The molecule has 1 aromatic rings. The quantitative estimate of drug-likeness (QED) is 0.584. The average Bonchev–Trinajstić information content (AvgIpc) is 2.50. The van der Waals surface area contributed by atoms with Crippen molar-refractivity contribution in [3.8, 4) is 0 Å². The highest BCUT2D eigenvalue weighted by Crippen LogP contribution is 2.18. The summed E-state index contributed by atoms with van der Waals surface area (Å²) in [6.45, 7) is 2.14. The SMILES string of the molecule is CCOC(=O)c1ccc(NC(=S)NC2CCC(O)CC2)cc1. The Kier molecular flexibility index (Phi) is 6.15. The van der Waals surface area contributed by atoms with Gasteiger partial charge < -0.3 is 20.5 Å². The van der Waals surface area contributed by atoms with Crippen molar-refractivity contribution in [2.24, 2.45) is 0 Å². The number of aliphatic hydroxyl groups is 1. The molecule has 0 bridgehead atoms. The number of carbonyl (C=O) groups is 1. The van der Waals surface area contributed by atoms with Gasteiger partial charge in [0.25, 0.3) is 0 Å². The largest absolute Gasteiger partial charge is 0.462 e. The number of hydrogen-bond acceptors (Lipinski definition) is 4. The lowest BCUT2D eigenvalue weighted by Crippen LogP contribution is -2.40. The van der Waals surface area contributed by atoms with Gasteiger partial charge in [-0.15, -0.1) is 0 Å². The Morgan fingerprint density at radius 1 is 1.27 bits per heavy atom. The maximum absolute atomic E-state index is 11.6. The van der Waals surface area contributed by atoms with Crippen LogP contribution in [0, 0.1) is 0 Å². The van der Waals surface area contributed by atoms with Gasteiger partial charge >= 0.3 is 5.97 Å². The van der Waals surface area contributed by atoms with Crippen molar-refractivity contribution < 1.29 is 14.6 Å². The van der Waals surface area contributed by atoms with Gasteiger partial charge in [-0.1, -0.05) is 0 Å². The van der Waals surface area contributed by atoms with Gasteiger partial charge in [0.1, 0.15) is 0 Å². The number of ether oxygens (including phenoxy) is 1. The van der Waals surface area contributed by atoms with Gasteiger partial charge in [0, 0.05) is 11.7 Å². The Morgan fingerprint density at radius 3 is 2.50 bits per heavy atom. The van der Waals surface area contributed by atoms with Gasteiger partial charge in [-0.2, -0.15) is 0 Å². The number of benzene rings is 1. The second kappa shape index (κ2) is 8.10. The molecule has 22 heavy (non-hydrogen) atoms. The molecule has 1 aliphatic rings. The summed E-state index contributed by atoms with van der Waals surface area (Å²) in [5, 5.41) is 16.4.